The molecule has 2 aromatic heterocycles. The number of aromatic nitrogens is 3. The van der Waals surface area contributed by atoms with E-state index in [1.54, 1.807) is 31.6 Å². The summed E-state index contributed by atoms with van der Waals surface area (Å²) in [5.74, 6) is 1.05. The Morgan fingerprint density at radius 2 is 1.92 bits per heavy atom. The second-order valence-corrected chi connectivity index (χ2v) is 10.8. The Labute approximate surface area is 232 Å². The standard InChI is InChI=1S/C27H34BrN5O3.ClH/c1-27(2,17-30-25(35)19-8-12-33(13-9-19)14-15-36-3)26-31-23(18-6-10-29-11-7-18)24(32-26)20-4-5-21(28)22(34)16-20;/h4-7,10-11,16,19,34H,8-9,12-15,17H2,1-3H3,(H,30,35)(H,31,32);1H. The molecule has 0 atom stereocenters. The van der Waals surface area contributed by atoms with Gasteiger partial charge in [-0.05, 0) is 66.1 Å². The first kappa shape index (κ1) is 29.1. The average Bonchev–Trinajstić information content (AvgIpc) is 3.35. The van der Waals surface area contributed by atoms with E-state index in [4.69, 9.17) is 9.72 Å². The molecule has 10 heteroatoms. The van der Waals surface area contributed by atoms with Crippen LogP contribution >= 0.6 is 28.3 Å². The minimum Gasteiger partial charge on any atom is -0.507 e. The number of phenols is 1. The summed E-state index contributed by atoms with van der Waals surface area (Å²) >= 11 is 3.35. The lowest BCUT2D eigenvalue weighted by atomic mass is 9.91. The van der Waals surface area contributed by atoms with Gasteiger partial charge in [0.15, 0.2) is 0 Å². The van der Waals surface area contributed by atoms with Crippen molar-refractivity contribution in [1.82, 2.24) is 25.2 Å². The lowest BCUT2D eigenvalue weighted by molar-refractivity contribution is -0.126. The zero-order valence-corrected chi connectivity index (χ0v) is 23.9. The molecule has 3 N–H and O–H groups in total. The minimum atomic E-state index is -0.438. The van der Waals surface area contributed by atoms with Gasteiger partial charge >= 0.3 is 0 Å². The summed E-state index contributed by atoms with van der Waals surface area (Å²) in [6.45, 7) is 8.07. The molecule has 8 nitrogen and oxygen atoms in total. The number of methoxy groups -OCH3 is 1. The summed E-state index contributed by atoms with van der Waals surface area (Å²) < 4.78 is 5.79. The molecule has 0 saturated carbocycles. The molecule has 1 aliphatic rings. The number of aromatic hydroxyl groups is 1. The SMILES string of the molecule is COCCN1CCC(C(=O)NCC(C)(C)c2nc(-c3ccc(Br)c(O)c3)c(-c3ccncc3)[nH]2)CC1.Cl. The molecular weight excluding hydrogens is 558 g/mol. The van der Waals surface area contributed by atoms with E-state index in [1.165, 1.54) is 0 Å². The number of halogens is 2. The highest BCUT2D eigenvalue weighted by molar-refractivity contribution is 9.10. The second-order valence-electron chi connectivity index (χ2n) is 9.92. The van der Waals surface area contributed by atoms with Gasteiger partial charge in [0.1, 0.15) is 11.6 Å². The number of nitrogens with zero attached hydrogens (tertiary/aromatic N) is 3. The van der Waals surface area contributed by atoms with E-state index in [0.29, 0.717) is 11.0 Å². The Morgan fingerprint density at radius 1 is 1.22 bits per heavy atom. The summed E-state index contributed by atoms with van der Waals surface area (Å²) in [7, 11) is 1.71. The van der Waals surface area contributed by atoms with Crippen molar-refractivity contribution in [3.8, 4) is 28.3 Å². The number of carbonyl (C=O) groups excluding carboxylic acids is 1. The van der Waals surface area contributed by atoms with Crippen molar-refractivity contribution in [2.75, 3.05) is 39.9 Å². The van der Waals surface area contributed by atoms with Gasteiger partial charge in [0.05, 0.1) is 22.5 Å². The number of aromatic amines is 1. The lowest BCUT2D eigenvalue weighted by Crippen LogP contribution is -2.44. The van der Waals surface area contributed by atoms with Crippen molar-refractivity contribution in [3.63, 3.8) is 0 Å². The Bertz CT molecular complexity index is 1180. The van der Waals surface area contributed by atoms with E-state index in [0.717, 1.165) is 67.4 Å². The van der Waals surface area contributed by atoms with E-state index in [2.05, 4.69) is 50.0 Å². The molecule has 0 radical (unpaired) electrons. The van der Waals surface area contributed by atoms with E-state index in [1.807, 2.05) is 18.2 Å². The highest BCUT2D eigenvalue weighted by atomic mass is 79.9. The normalized spacial score (nSPS) is 14.8. The largest absolute Gasteiger partial charge is 0.507 e. The molecule has 0 bridgehead atoms. The number of carbonyl (C=O) groups is 1. The van der Waals surface area contributed by atoms with Gasteiger partial charge in [-0.25, -0.2) is 4.98 Å². The molecule has 0 spiro atoms. The number of amides is 1. The number of hydrogen-bond donors (Lipinski definition) is 3. The number of H-pyrrole nitrogens is 1. The number of ether oxygens (including phenoxy) is 1. The van der Waals surface area contributed by atoms with Crippen LogP contribution in [0.15, 0.2) is 47.2 Å². The van der Waals surface area contributed by atoms with Crippen LogP contribution in [0.25, 0.3) is 22.5 Å². The smallest absolute Gasteiger partial charge is 0.223 e. The fourth-order valence-electron chi connectivity index (χ4n) is 4.47. The maximum atomic E-state index is 13.0. The van der Waals surface area contributed by atoms with Crippen molar-refractivity contribution in [3.05, 3.63) is 53.0 Å². The van der Waals surface area contributed by atoms with Crippen LogP contribution < -0.4 is 5.32 Å². The Morgan fingerprint density at radius 3 is 2.57 bits per heavy atom. The quantitative estimate of drug-likeness (QED) is 0.330. The summed E-state index contributed by atoms with van der Waals surface area (Å²) in [6.07, 6.45) is 5.20. The molecule has 1 aliphatic heterocycles. The zero-order chi connectivity index (χ0) is 25.7. The van der Waals surface area contributed by atoms with Gasteiger partial charge in [-0.1, -0.05) is 19.9 Å². The molecular formula is C27H35BrClN5O3. The third kappa shape index (κ3) is 7.10. The fraction of sp³-hybridized carbons (Fsp3) is 0.444. The number of imidazole rings is 1. The number of likely N-dealkylation sites (tertiary alicyclic amines) is 1. The molecule has 4 rings (SSSR count). The van der Waals surface area contributed by atoms with Gasteiger partial charge in [0.25, 0.3) is 0 Å². The van der Waals surface area contributed by atoms with Gasteiger partial charge in [0.2, 0.25) is 5.91 Å². The van der Waals surface area contributed by atoms with Gasteiger partial charge in [-0.3, -0.25) is 9.78 Å². The summed E-state index contributed by atoms with van der Waals surface area (Å²) in [6, 6.07) is 9.27. The molecule has 200 valence electrons. The molecule has 1 aromatic carbocycles. The molecule has 37 heavy (non-hydrogen) atoms. The number of pyridine rings is 1. The van der Waals surface area contributed by atoms with Crippen LogP contribution in [-0.4, -0.2) is 70.8 Å². The first-order valence-corrected chi connectivity index (χ1v) is 13.1. The monoisotopic (exact) mass is 591 g/mol. The number of phenolic OH excluding ortho intramolecular Hbond substituents is 1. The number of piperidine rings is 1. The number of nitrogens with one attached hydrogen (secondary N) is 2. The van der Waals surface area contributed by atoms with Crippen LogP contribution in [0.1, 0.15) is 32.5 Å². The first-order chi connectivity index (χ1) is 17.3. The molecule has 1 amide bonds. The average molecular weight is 593 g/mol. The van der Waals surface area contributed by atoms with Crippen molar-refractivity contribution in [1.29, 1.82) is 0 Å². The van der Waals surface area contributed by atoms with Crippen LogP contribution in [0.2, 0.25) is 0 Å². The van der Waals surface area contributed by atoms with Gasteiger partial charge < -0.3 is 25.0 Å². The summed E-state index contributed by atoms with van der Waals surface area (Å²) in [5, 5.41) is 13.4. The first-order valence-electron chi connectivity index (χ1n) is 12.3. The lowest BCUT2D eigenvalue weighted by Gasteiger charge is -2.31. The van der Waals surface area contributed by atoms with E-state index >= 15 is 0 Å². The van der Waals surface area contributed by atoms with E-state index in [9.17, 15) is 9.90 Å². The van der Waals surface area contributed by atoms with Crippen LogP contribution in [-0.2, 0) is 14.9 Å². The molecule has 3 aromatic rings. The Hall–Kier alpha value is -2.46. The minimum absolute atomic E-state index is 0. The highest BCUT2D eigenvalue weighted by Crippen LogP contribution is 2.36. The van der Waals surface area contributed by atoms with E-state index < -0.39 is 5.41 Å². The Balaban J connectivity index is 0.00000380. The molecule has 1 saturated heterocycles. The van der Waals surface area contributed by atoms with Crippen molar-refractivity contribution >= 4 is 34.2 Å². The van der Waals surface area contributed by atoms with Gasteiger partial charge in [0, 0.05) is 55.1 Å². The van der Waals surface area contributed by atoms with Crippen molar-refractivity contribution < 1.29 is 14.6 Å². The predicted molar refractivity (Wildman–Crippen MR) is 151 cm³/mol. The van der Waals surface area contributed by atoms with Crippen LogP contribution in [0.4, 0.5) is 0 Å². The maximum Gasteiger partial charge on any atom is 0.223 e. The molecule has 1 fully saturated rings. The van der Waals surface area contributed by atoms with Crippen molar-refractivity contribution in [2.24, 2.45) is 5.92 Å². The second kappa shape index (κ2) is 12.9. The molecule has 0 aliphatic carbocycles. The van der Waals surface area contributed by atoms with Crippen molar-refractivity contribution in [2.45, 2.75) is 32.1 Å². The third-order valence-corrected chi connectivity index (χ3v) is 7.48. The molecule has 3 heterocycles. The Kier molecular flexibility index (Phi) is 10.1. The molecule has 0 unspecified atom stereocenters. The highest BCUT2D eigenvalue weighted by Gasteiger charge is 2.30. The topological polar surface area (TPSA) is 103 Å². The summed E-state index contributed by atoms with van der Waals surface area (Å²) in [4.78, 5) is 27.9. The number of benzene rings is 1. The van der Waals surface area contributed by atoms with Crippen LogP contribution in [0.3, 0.4) is 0 Å². The van der Waals surface area contributed by atoms with Crippen LogP contribution in [0, 0.1) is 5.92 Å². The van der Waals surface area contributed by atoms with Gasteiger partial charge in [-0.15, -0.1) is 12.4 Å². The predicted octanol–water partition coefficient (Wildman–Crippen LogP) is 4.78. The maximum absolute atomic E-state index is 13.0. The summed E-state index contributed by atoms with van der Waals surface area (Å²) in [5.41, 5.74) is 2.89. The van der Waals surface area contributed by atoms with Crippen LogP contribution in [0.5, 0.6) is 5.75 Å². The van der Waals surface area contributed by atoms with E-state index in [-0.39, 0.29) is 30.0 Å². The zero-order valence-electron chi connectivity index (χ0n) is 21.5. The fourth-order valence-corrected chi connectivity index (χ4v) is 4.71. The third-order valence-electron chi connectivity index (χ3n) is 6.81. The number of rotatable bonds is 9. The van der Waals surface area contributed by atoms with Gasteiger partial charge in [-0.2, -0.15) is 0 Å². The number of hydrogen-bond acceptors (Lipinski definition) is 6.